The SMILES string of the molecule is CCC1C(n2c3cc4c5ccccc5n5c6ccccc6c(c3c3ccc6ccccc6c32)c45)=Nc2c(sc3ccccc23)C1n1c2ccccc2c2ccccc21. The molecule has 2 atom stereocenters. The molecule has 14 rings (SSSR count). The quantitative estimate of drug-likeness (QED) is 0.168. The van der Waals surface area contributed by atoms with E-state index in [2.05, 4.69) is 184 Å². The summed E-state index contributed by atoms with van der Waals surface area (Å²) < 4.78 is 9.06. The van der Waals surface area contributed by atoms with Crippen molar-refractivity contribution in [2.75, 3.05) is 0 Å². The van der Waals surface area contributed by atoms with Gasteiger partial charge in [0, 0.05) is 75.5 Å². The Labute approximate surface area is 336 Å². The van der Waals surface area contributed by atoms with E-state index in [-0.39, 0.29) is 12.0 Å². The molecular formula is C53H34N4S. The van der Waals surface area contributed by atoms with Gasteiger partial charge in [-0.25, -0.2) is 4.99 Å². The fourth-order valence-corrected chi connectivity index (χ4v) is 12.4. The van der Waals surface area contributed by atoms with E-state index in [4.69, 9.17) is 4.99 Å². The zero-order valence-corrected chi connectivity index (χ0v) is 32.5. The van der Waals surface area contributed by atoms with E-state index in [1.54, 1.807) is 0 Å². The normalized spacial score (nSPS) is 16.2. The maximum absolute atomic E-state index is 5.97. The van der Waals surface area contributed by atoms with Crippen LogP contribution in [0.3, 0.4) is 0 Å². The summed E-state index contributed by atoms with van der Waals surface area (Å²) in [4.78, 5) is 7.31. The van der Waals surface area contributed by atoms with Crippen LogP contribution in [0.4, 0.5) is 5.69 Å². The highest BCUT2D eigenvalue weighted by molar-refractivity contribution is 7.19. The molecule has 4 nitrogen and oxygen atoms in total. The molecule has 0 bridgehead atoms. The van der Waals surface area contributed by atoms with Crippen LogP contribution in [0.2, 0.25) is 0 Å². The van der Waals surface area contributed by atoms with E-state index in [0.29, 0.717) is 0 Å². The fourth-order valence-electron chi connectivity index (χ4n) is 11.1. The van der Waals surface area contributed by atoms with Crippen LogP contribution in [0.15, 0.2) is 169 Å². The molecule has 0 fully saturated rings. The topological polar surface area (TPSA) is 26.6 Å². The van der Waals surface area contributed by atoms with E-state index < -0.39 is 0 Å². The van der Waals surface area contributed by atoms with Crippen LogP contribution in [0.5, 0.6) is 0 Å². The molecule has 0 saturated carbocycles. The Kier molecular flexibility index (Phi) is 5.98. The second-order valence-electron chi connectivity index (χ2n) is 16.1. The molecule has 8 aromatic carbocycles. The van der Waals surface area contributed by atoms with Gasteiger partial charge in [0.05, 0.1) is 44.2 Å². The van der Waals surface area contributed by atoms with Crippen molar-refractivity contribution in [3.8, 4) is 0 Å². The third kappa shape index (κ3) is 3.74. The molecular weight excluding hydrogens is 725 g/mol. The largest absolute Gasteiger partial charge is 0.331 e. The summed E-state index contributed by atoms with van der Waals surface area (Å²) in [6.07, 6.45) is 0.918. The molecule has 13 aromatic rings. The number of hydrogen-bond donors (Lipinski definition) is 0. The molecule has 5 aromatic heterocycles. The molecule has 2 unspecified atom stereocenters. The van der Waals surface area contributed by atoms with Crippen molar-refractivity contribution in [1.82, 2.24) is 13.5 Å². The van der Waals surface area contributed by atoms with Crippen molar-refractivity contribution in [3.05, 3.63) is 169 Å². The third-order valence-corrected chi connectivity index (χ3v) is 14.6. The van der Waals surface area contributed by atoms with E-state index in [0.717, 1.165) is 17.9 Å². The second-order valence-corrected chi connectivity index (χ2v) is 17.2. The highest BCUT2D eigenvalue weighted by Gasteiger charge is 2.40. The summed E-state index contributed by atoms with van der Waals surface area (Å²) in [6.45, 7) is 2.37. The van der Waals surface area contributed by atoms with E-state index in [1.165, 1.54) is 107 Å². The van der Waals surface area contributed by atoms with Crippen LogP contribution in [0, 0.1) is 5.92 Å². The Morgan fingerprint density at radius 3 is 1.81 bits per heavy atom. The van der Waals surface area contributed by atoms with E-state index in [9.17, 15) is 0 Å². The van der Waals surface area contributed by atoms with Gasteiger partial charge >= 0.3 is 0 Å². The van der Waals surface area contributed by atoms with E-state index in [1.807, 2.05) is 11.3 Å². The van der Waals surface area contributed by atoms with Crippen LogP contribution < -0.4 is 0 Å². The number of benzene rings is 8. The van der Waals surface area contributed by atoms with Gasteiger partial charge in [-0.05, 0) is 48.2 Å². The summed E-state index contributed by atoms with van der Waals surface area (Å²) >= 11 is 1.92. The van der Waals surface area contributed by atoms with Gasteiger partial charge in [-0.2, -0.15) is 0 Å². The summed E-state index contributed by atoms with van der Waals surface area (Å²) in [5.41, 5.74) is 9.89. The van der Waals surface area contributed by atoms with Crippen LogP contribution in [-0.4, -0.2) is 19.4 Å². The molecule has 1 aliphatic rings. The van der Waals surface area contributed by atoms with Gasteiger partial charge in [-0.3, -0.25) is 4.57 Å². The molecule has 0 aliphatic carbocycles. The number of rotatable bonds is 2. The minimum atomic E-state index is 0.0266. The van der Waals surface area contributed by atoms with Gasteiger partial charge in [0.2, 0.25) is 0 Å². The van der Waals surface area contributed by atoms with Crippen LogP contribution in [0.1, 0.15) is 24.3 Å². The van der Waals surface area contributed by atoms with Gasteiger partial charge in [0.1, 0.15) is 5.84 Å². The van der Waals surface area contributed by atoms with Gasteiger partial charge < -0.3 is 8.97 Å². The lowest BCUT2D eigenvalue weighted by Crippen LogP contribution is -2.33. The maximum Gasteiger partial charge on any atom is 0.120 e. The first-order valence-corrected chi connectivity index (χ1v) is 21.2. The number of para-hydroxylation sites is 4. The predicted octanol–water partition coefficient (Wildman–Crippen LogP) is 14.6. The van der Waals surface area contributed by atoms with Crippen molar-refractivity contribution >= 4 is 125 Å². The average molecular weight is 759 g/mol. The first-order valence-electron chi connectivity index (χ1n) is 20.4. The molecule has 0 N–H and O–H groups in total. The van der Waals surface area contributed by atoms with Gasteiger partial charge in [-0.15, -0.1) is 11.3 Å². The Morgan fingerprint density at radius 2 is 1.09 bits per heavy atom. The molecule has 5 heteroatoms. The summed E-state index contributed by atoms with van der Waals surface area (Å²) in [5, 5.41) is 14.0. The minimum Gasteiger partial charge on any atom is -0.331 e. The third-order valence-electron chi connectivity index (χ3n) is 13.4. The summed E-state index contributed by atoms with van der Waals surface area (Å²) in [7, 11) is 0. The van der Waals surface area contributed by atoms with Crippen molar-refractivity contribution in [2.45, 2.75) is 19.4 Å². The molecule has 0 amide bonds. The predicted molar refractivity (Wildman–Crippen MR) is 247 cm³/mol. The van der Waals surface area contributed by atoms with Gasteiger partial charge in [-0.1, -0.05) is 134 Å². The van der Waals surface area contributed by atoms with Gasteiger partial charge in [0.15, 0.2) is 0 Å². The molecule has 6 heterocycles. The lowest BCUT2D eigenvalue weighted by molar-refractivity contribution is 0.473. The molecule has 58 heavy (non-hydrogen) atoms. The van der Waals surface area contributed by atoms with Crippen LogP contribution in [0.25, 0.3) is 103 Å². The summed E-state index contributed by atoms with van der Waals surface area (Å²) in [5.74, 6) is 1.18. The zero-order chi connectivity index (χ0) is 37.8. The zero-order valence-electron chi connectivity index (χ0n) is 31.6. The molecule has 0 saturated heterocycles. The highest BCUT2D eigenvalue weighted by Crippen LogP contribution is 2.53. The Bertz CT molecular complexity index is 3870. The highest BCUT2D eigenvalue weighted by atomic mass is 32.1. The summed E-state index contributed by atoms with van der Waals surface area (Å²) in [6, 6.07) is 61.0. The number of aromatic nitrogens is 3. The first-order chi connectivity index (χ1) is 28.8. The Hall–Kier alpha value is -6.95. The van der Waals surface area contributed by atoms with Crippen LogP contribution >= 0.6 is 11.3 Å². The lowest BCUT2D eigenvalue weighted by atomic mass is 9.89. The van der Waals surface area contributed by atoms with Crippen LogP contribution in [-0.2, 0) is 0 Å². The Morgan fingerprint density at radius 1 is 0.500 bits per heavy atom. The van der Waals surface area contributed by atoms with Crippen molar-refractivity contribution in [1.29, 1.82) is 0 Å². The number of thiophene rings is 1. The second kappa shape index (κ2) is 11.1. The smallest absolute Gasteiger partial charge is 0.120 e. The van der Waals surface area contributed by atoms with Crippen molar-refractivity contribution < 1.29 is 0 Å². The van der Waals surface area contributed by atoms with E-state index >= 15 is 0 Å². The standard InChI is InChI=1S/C53H34N4S/c1-2-31-51(56-40-22-10-5-17-33(40)34-18-6-11-23-41(34)56)52-48(37-21-9-14-26-45(37)58-52)54-53(31)57-44-29-39-35-19-7-12-24-42(35)55-43-25-13-8-20-36(43)47(50(39)55)46(44)38-28-27-30-15-3-4-16-32(30)49(38)57/h3-29,31,51H,2H2,1H3. The monoisotopic (exact) mass is 758 g/mol. The van der Waals surface area contributed by atoms with Crippen molar-refractivity contribution in [2.24, 2.45) is 10.9 Å². The minimum absolute atomic E-state index is 0.0266. The number of fused-ring (bicyclic) bond motifs is 18. The lowest BCUT2D eigenvalue weighted by Gasteiger charge is -2.34. The molecule has 0 spiro atoms. The Balaban J connectivity index is 1.21. The molecule has 1 aliphatic heterocycles. The average Bonchev–Trinajstić information content (AvgIpc) is 4.07. The number of hydrogen-bond acceptors (Lipinski definition) is 2. The van der Waals surface area contributed by atoms with Gasteiger partial charge in [0.25, 0.3) is 0 Å². The molecule has 272 valence electrons. The number of nitrogens with zero attached hydrogens (tertiary/aromatic N) is 4. The first kappa shape index (κ1) is 31.2. The maximum atomic E-state index is 5.97. The fraction of sp³-hybridized carbons (Fsp3) is 0.0755. The molecule has 0 radical (unpaired) electrons. The van der Waals surface area contributed by atoms with Crippen molar-refractivity contribution in [3.63, 3.8) is 0 Å². The number of aliphatic imine (C=N–C) groups is 1.